The van der Waals surface area contributed by atoms with Crippen LogP contribution in [0.1, 0.15) is 91.4 Å². The first kappa shape index (κ1) is 17.5. The van der Waals surface area contributed by atoms with Crippen molar-refractivity contribution in [3.8, 4) is 0 Å². The van der Waals surface area contributed by atoms with Gasteiger partial charge < -0.3 is 0 Å². The van der Waals surface area contributed by atoms with E-state index < -0.39 is 7.26 Å². The van der Waals surface area contributed by atoms with Crippen LogP contribution in [0.5, 0.6) is 0 Å². The first-order valence-electron chi connectivity index (χ1n) is 9.14. The molecule has 0 aliphatic heterocycles. The molecule has 0 spiro atoms. The van der Waals surface area contributed by atoms with Crippen molar-refractivity contribution in [3.05, 3.63) is 0 Å². The van der Waals surface area contributed by atoms with Crippen molar-refractivity contribution in [1.29, 1.82) is 0 Å². The van der Waals surface area contributed by atoms with Crippen molar-refractivity contribution >= 4 is 7.26 Å². The zero-order chi connectivity index (χ0) is 14.0. The van der Waals surface area contributed by atoms with Gasteiger partial charge in [-0.1, -0.05) is 39.5 Å². The maximum atomic E-state index is 2.53. The van der Waals surface area contributed by atoms with Crippen molar-refractivity contribution in [1.82, 2.24) is 0 Å². The predicted octanol–water partition coefficient (Wildman–Crippen LogP) is 6.74. The van der Waals surface area contributed by atoms with E-state index >= 15 is 0 Å². The molecule has 1 heteroatoms. The molecule has 0 nitrogen and oxygen atoms in total. The summed E-state index contributed by atoms with van der Waals surface area (Å²) in [5.41, 5.74) is 1.17. The highest BCUT2D eigenvalue weighted by Crippen LogP contribution is 2.67. The molecule has 0 aromatic heterocycles. The summed E-state index contributed by atoms with van der Waals surface area (Å²) < 4.78 is 0. The first-order valence-corrected chi connectivity index (χ1v) is 11.6. The van der Waals surface area contributed by atoms with Crippen LogP contribution in [0, 0.1) is 0 Å². The summed E-state index contributed by atoms with van der Waals surface area (Å²) in [6.07, 6.45) is 21.3. The summed E-state index contributed by atoms with van der Waals surface area (Å²) in [6, 6.07) is 0. The number of unbranched alkanes of at least 4 members (excludes halogenated alkanes) is 4. The zero-order valence-corrected chi connectivity index (χ0v) is 14.8. The predicted molar refractivity (Wildman–Crippen MR) is 93.1 cm³/mol. The largest absolute Gasteiger partial charge is 0.0697 e. The molecule has 0 amide bonds. The van der Waals surface area contributed by atoms with Crippen molar-refractivity contribution in [2.75, 3.05) is 18.5 Å². The fourth-order valence-corrected chi connectivity index (χ4v) is 9.37. The Morgan fingerprint density at radius 1 is 0.737 bits per heavy atom. The van der Waals surface area contributed by atoms with E-state index in [0.29, 0.717) is 0 Å². The molecule has 1 fully saturated rings. The van der Waals surface area contributed by atoms with Crippen LogP contribution < -0.4 is 0 Å². The quantitative estimate of drug-likeness (QED) is 0.308. The SMILES string of the molecule is CCCCCC[P+](CC)(CCCC)C1CCCCC1. The summed E-state index contributed by atoms with van der Waals surface area (Å²) in [5.74, 6) is 0. The molecule has 114 valence electrons. The van der Waals surface area contributed by atoms with Crippen LogP contribution in [0.3, 0.4) is 0 Å². The lowest BCUT2D eigenvalue weighted by atomic mass is 10.0. The Morgan fingerprint density at radius 3 is 1.95 bits per heavy atom. The Labute approximate surface area is 123 Å². The third-order valence-electron chi connectivity index (χ3n) is 5.39. The smallest absolute Gasteiger partial charge is 0.0654 e. The summed E-state index contributed by atoms with van der Waals surface area (Å²) in [4.78, 5) is 0. The molecule has 1 unspecified atom stereocenters. The van der Waals surface area contributed by atoms with Crippen LogP contribution in [-0.2, 0) is 0 Å². The molecule has 0 aromatic carbocycles. The Hall–Kier alpha value is 0.430. The molecular weight excluding hydrogens is 247 g/mol. The third-order valence-corrected chi connectivity index (χ3v) is 11.1. The topological polar surface area (TPSA) is 0 Å². The number of rotatable bonds is 10. The molecule has 1 aliphatic rings. The monoisotopic (exact) mass is 285 g/mol. The second-order valence-corrected chi connectivity index (χ2v) is 11.4. The van der Waals surface area contributed by atoms with E-state index in [1.165, 1.54) is 63.4 Å². The highest BCUT2D eigenvalue weighted by atomic mass is 31.2. The Bertz CT molecular complexity index is 208. The minimum absolute atomic E-state index is 0.609. The molecule has 1 rings (SSSR count). The molecule has 0 saturated heterocycles. The maximum absolute atomic E-state index is 2.53. The fourth-order valence-electron chi connectivity index (χ4n) is 4.01. The van der Waals surface area contributed by atoms with E-state index in [9.17, 15) is 0 Å². The lowest BCUT2D eigenvalue weighted by Crippen LogP contribution is -2.24. The Kier molecular flexibility index (Phi) is 9.38. The molecule has 0 aromatic rings. The molecular formula is C18H38P+. The molecule has 0 N–H and O–H groups in total. The van der Waals surface area contributed by atoms with Gasteiger partial charge in [0.15, 0.2) is 0 Å². The van der Waals surface area contributed by atoms with Crippen LogP contribution >= 0.6 is 7.26 Å². The minimum atomic E-state index is -0.609. The Balaban J connectivity index is 2.57. The van der Waals surface area contributed by atoms with Gasteiger partial charge in [0, 0.05) is 7.26 Å². The number of hydrogen-bond acceptors (Lipinski definition) is 0. The normalized spacial score (nSPS) is 20.4. The second-order valence-electron chi connectivity index (χ2n) is 6.69. The highest BCUT2D eigenvalue weighted by molar-refractivity contribution is 7.76. The van der Waals surface area contributed by atoms with Gasteiger partial charge in [-0.2, -0.15) is 0 Å². The number of hydrogen-bond donors (Lipinski definition) is 0. The van der Waals surface area contributed by atoms with E-state index in [1.807, 2.05) is 0 Å². The average Bonchev–Trinajstić information content (AvgIpc) is 2.48. The van der Waals surface area contributed by atoms with Crippen LogP contribution in [-0.4, -0.2) is 24.1 Å². The zero-order valence-electron chi connectivity index (χ0n) is 13.9. The summed E-state index contributed by atoms with van der Waals surface area (Å²) in [6.45, 7) is 7.24. The molecule has 1 atom stereocenters. The summed E-state index contributed by atoms with van der Waals surface area (Å²) >= 11 is 0. The van der Waals surface area contributed by atoms with Crippen molar-refractivity contribution in [2.24, 2.45) is 0 Å². The Morgan fingerprint density at radius 2 is 1.37 bits per heavy atom. The summed E-state index contributed by atoms with van der Waals surface area (Å²) in [5, 5.41) is 0. The highest BCUT2D eigenvalue weighted by Gasteiger charge is 2.42. The average molecular weight is 285 g/mol. The fraction of sp³-hybridized carbons (Fsp3) is 1.00. The van der Waals surface area contributed by atoms with Gasteiger partial charge in [-0.15, -0.1) is 0 Å². The van der Waals surface area contributed by atoms with Gasteiger partial charge in [0.05, 0.1) is 24.1 Å². The second kappa shape index (κ2) is 10.2. The molecule has 19 heavy (non-hydrogen) atoms. The van der Waals surface area contributed by atoms with Gasteiger partial charge in [0.2, 0.25) is 0 Å². The van der Waals surface area contributed by atoms with Gasteiger partial charge in [-0.3, -0.25) is 0 Å². The van der Waals surface area contributed by atoms with Gasteiger partial charge in [-0.05, 0) is 51.9 Å². The van der Waals surface area contributed by atoms with Gasteiger partial charge >= 0.3 is 0 Å². The molecule has 1 aliphatic carbocycles. The van der Waals surface area contributed by atoms with Crippen molar-refractivity contribution in [3.63, 3.8) is 0 Å². The van der Waals surface area contributed by atoms with Crippen LogP contribution in [0.25, 0.3) is 0 Å². The summed E-state index contributed by atoms with van der Waals surface area (Å²) in [7, 11) is -0.609. The lowest BCUT2D eigenvalue weighted by Gasteiger charge is -2.36. The maximum Gasteiger partial charge on any atom is 0.0697 e. The van der Waals surface area contributed by atoms with E-state index in [0.717, 1.165) is 0 Å². The first-order chi connectivity index (χ1) is 9.29. The van der Waals surface area contributed by atoms with E-state index in [-0.39, 0.29) is 0 Å². The van der Waals surface area contributed by atoms with Crippen LogP contribution in [0.4, 0.5) is 0 Å². The van der Waals surface area contributed by atoms with Gasteiger partial charge in [0.25, 0.3) is 0 Å². The lowest BCUT2D eigenvalue weighted by molar-refractivity contribution is 0.505. The van der Waals surface area contributed by atoms with E-state index in [4.69, 9.17) is 0 Å². The molecule has 1 saturated carbocycles. The standard InChI is InChI=1S/C18H38P/c1-4-7-9-13-17-19(6-3,16-8-5-2)18-14-11-10-12-15-18/h18H,4-17H2,1-3H3/q+1. The van der Waals surface area contributed by atoms with Gasteiger partial charge in [0.1, 0.15) is 0 Å². The molecule has 0 heterocycles. The minimum Gasteiger partial charge on any atom is -0.0654 e. The van der Waals surface area contributed by atoms with Crippen LogP contribution in [0.15, 0.2) is 0 Å². The van der Waals surface area contributed by atoms with E-state index in [1.54, 1.807) is 31.3 Å². The van der Waals surface area contributed by atoms with Crippen LogP contribution in [0.2, 0.25) is 0 Å². The van der Waals surface area contributed by atoms with Gasteiger partial charge in [-0.25, -0.2) is 0 Å². The molecule has 0 bridgehead atoms. The van der Waals surface area contributed by atoms with Crippen molar-refractivity contribution < 1.29 is 0 Å². The van der Waals surface area contributed by atoms with E-state index in [2.05, 4.69) is 20.8 Å². The van der Waals surface area contributed by atoms with Crippen molar-refractivity contribution in [2.45, 2.75) is 97.1 Å². The molecule has 0 radical (unpaired) electrons. The third kappa shape index (κ3) is 5.74.